The number of para-hydroxylation sites is 1. The first-order chi connectivity index (χ1) is 15.0. The van der Waals surface area contributed by atoms with E-state index in [-0.39, 0.29) is 5.82 Å². The second-order valence-electron chi connectivity index (χ2n) is 7.46. The Hall–Kier alpha value is -2.74. The number of methoxy groups -OCH3 is 1. The molecule has 0 aliphatic rings. The second kappa shape index (κ2) is 11.0. The van der Waals surface area contributed by atoms with Crippen LogP contribution in [0.25, 0.3) is 5.69 Å². The number of rotatable bonds is 11. The molecule has 3 rings (SSSR count). The van der Waals surface area contributed by atoms with Crippen molar-refractivity contribution in [1.29, 1.82) is 0 Å². The summed E-state index contributed by atoms with van der Waals surface area (Å²) >= 11 is 0. The molecule has 0 aliphatic heterocycles. The molecule has 0 saturated heterocycles. The van der Waals surface area contributed by atoms with E-state index in [1.807, 2.05) is 44.2 Å². The van der Waals surface area contributed by atoms with Crippen molar-refractivity contribution in [3.05, 3.63) is 71.7 Å². The third kappa shape index (κ3) is 6.13. The molecule has 0 saturated carbocycles. The van der Waals surface area contributed by atoms with E-state index >= 15 is 0 Å². The fourth-order valence-electron chi connectivity index (χ4n) is 3.29. The summed E-state index contributed by atoms with van der Waals surface area (Å²) in [6.07, 6.45) is 0.243. The SMILES string of the molecule is CC[C@H](O)CN(CCOC)Cc1c(C)nn(-c2ccccc2)c1Oc1ccc(F)cc1. The van der Waals surface area contributed by atoms with Gasteiger partial charge in [-0.3, -0.25) is 4.90 Å². The number of benzene rings is 2. The van der Waals surface area contributed by atoms with Gasteiger partial charge in [-0.15, -0.1) is 0 Å². The second-order valence-corrected chi connectivity index (χ2v) is 7.46. The monoisotopic (exact) mass is 427 g/mol. The van der Waals surface area contributed by atoms with Crippen molar-refractivity contribution in [2.24, 2.45) is 0 Å². The average molecular weight is 428 g/mol. The summed E-state index contributed by atoms with van der Waals surface area (Å²) < 4.78 is 26.6. The molecule has 1 heterocycles. The highest BCUT2D eigenvalue weighted by Gasteiger charge is 2.22. The Balaban J connectivity index is 1.99. The van der Waals surface area contributed by atoms with Crippen LogP contribution in [0.4, 0.5) is 4.39 Å². The summed E-state index contributed by atoms with van der Waals surface area (Å²) in [5.74, 6) is 0.778. The number of aliphatic hydroxyl groups is 1. The van der Waals surface area contributed by atoms with Gasteiger partial charge in [-0.25, -0.2) is 9.07 Å². The molecule has 0 spiro atoms. The lowest BCUT2D eigenvalue weighted by molar-refractivity contribution is 0.0825. The molecule has 0 aliphatic carbocycles. The number of hydrogen-bond acceptors (Lipinski definition) is 5. The summed E-state index contributed by atoms with van der Waals surface area (Å²) in [6.45, 7) is 6.18. The van der Waals surface area contributed by atoms with Crippen LogP contribution < -0.4 is 4.74 Å². The Labute approximate surface area is 182 Å². The minimum atomic E-state index is -0.428. The lowest BCUT2D eigenvalue weighted by atomic mass is 10.2. The normalized spacial score (nSPS) is 12.3. The lowest BCUT2D eigenvalue weighted by Crippen LogP contribution is -2.34. The van der Waals surface area contributed by atoms with Crippen molar-refractivity contribution >= 4 is 0 Å². The predicted molar refractivity (Wildman–Crippen MR) is 118 cm³/mol. The van der Waals surface area contributed by atoms with Crippen LogP contribution in [0.15, 0.2) is 54.6 Å². The molecule has 0 fully saturated rings. The molecule has 31 heavy (non-hydrogen) atoms. The van der Waals surface area contributed by atoms with Crippen LogP contribution in [0.3, 0.4) is 0 Å². The van der Waals surface area contributed by atoms with Gasteiger partial charge in [0.2, 0.25) is 5.88 Å². The quantitative estimate of drug-likeness (QED) is 0.494. The molecule has 0 radical (unpaired) electrons. The molecule has 1 N–H and O–H groups in total. The third-order valence-corrected chi connectivity index (χ3v) is 5.10. The summed E-state index contributed by atoms with van der Waals surface area (Å²) in [5.41, 5.74) is 2.60. The molecule has 0 bridgehead atoms. The number of halogens is 1. The van der Waals surface area contributed by atoms with Gasteiger partial charge in [-0.2, -0.15) is 5.10 Å². The van der Waals surface area contributed by atoms with Crippen molar-refractivity contribution in [3.63, 3.8) is 0 Å². The number of ether oxygens (including phenoxy) is 2. The van der Waals surface area contributed by atoms with E-state index < -0.39 is 6.10 Å². The predicted octanol–water partition coefficient (Wildman–Crippen LogP) is 4.33. The van der Waals surface area contributed by atoms with Gasteiger partial charge in [-0.1, -0.05) is 25.1 Å². The molecule has 1 aromatic heterocycles. The maximum atomic E-state index is 13.4. The molecule has 166 valence electrons. The molecular formula is C24H30FN3O3. The van der Waals surface area contributed by atoms with Gasteiger partial charge >= 0.3 is 0 Å². The van der Waals surface area contributed by atoms with Crippen molar-refractivity contribution in [3.8, 4) is 17.3 Å². The molecule has 0 unspecified atom stereocenters. The molecule has 2 aromatic carbocycles. The lowest BCUT2D eigenvalue weighted by Gasteiger charge is -2.24. The average Bonchev–Trinajstić information content (AvgIpc) is 3.09. The van der Waals surface area contributed by atoms with Crippen LogP contribution in [-0.2, 0) is 11.3 Å². The molecule has 1 atom stereocenters. The van der Waals surface area contributed by atoms with E-state index in [1.165, 1.54) is 12.1 Å². The summed E-state index contributed by atoms with van der Waals surface area (Å²) in [5, 5.41) is 14.9. The van der Waals surface area contributed by atoms with E-state index in [0.29, 0.717) is 44.3 Å². The molecule has 3 aromatic rings. The Morgan fingerprint density at radius 3 is 2.48 bits per heavy atom. The van der Waals surface area contributed by atoms with E-state index in [0.717, 1.165) is 16.9 Å². The van der Waals surface area contributed by atoms with E-state index in [4.69, 9.17) is 14.6 Å². The maximum absolute atomic E-state index is 13.4. The standard InChI is InChI=1S/C24H30FN3O3/c1-4-21(29)16-27(14-15-30-3)17-23-18(2)26-28(20-8-6-5-7-9-20)24(23)31-22-12-10-19(25)11-13-22/h5-13,21,29H,4,14-17H2,1-3H3/t21-/m0/s1. The van der Waals surface area contributed by atoms with Crippen molar-refractivity contribution < 1.29 is 19.0 Å². The van der Waals surface area contributed by atoms with Crippen molar-refractivity contribution in [2.75, 3.05) is 26.8 Å². The van der Waals surface area contributed by atoms with Crippen LogP contribution in [0, 0.1) is 12.7 Å². The van der Waals surface area contributed by atoms with Crippen molar-refractivity contribution in [1.82, 2.24) is 14.7 Å². The number of aliphatic hydroxyl groups excluding tert-OH is 1. The molecule has 7 heteroatoms. The van der Waals surface area contributed by atoms with Gasteiger partial charge in [0.05, 0.1) is 29.7 Å². The van der Waals surface area contributed by atoms with Gasteiger partial charge in [-0.05, 0) is 49.7 Å². The highest BCUT2D eigenvalue weighted by Crippen LogP contribution is 2.31. The van der Waals surface area contributed by atoms with Gasteiger partial charge in [0.25, 0.3) is 0 Å². The van der Waals surface area contributed by atoms with Gasteiger partial charge in [0.15, 0.2) is 0 Å². The first-order valence-electron chi connectivity index (χ1n) is 10.5. The minimum absolute atomic E-state index is 0.320. The summed E-state index contributed by atoms with van der Waals surface area (Å²) in [4.78, 5) is 2.13. The summed E-state index contributed by atoms with van der Waals surface area (Å²) in [6, 6.07) is 15.7. The Kier molecular flexibility index (Phi) is 8.17. The highest BCUT2D eigenvalue weighted by atomic mass is 19.1. The van der Waals surface area contributed by atoms with E-state index in [9.17, 15) is 9.50 Å². The molecule has 0 amide bonds. The number of nitrogens with zero attached hydrogens (tertiary/aromatic N) is 3. The molecule has 6 nitrogen and oxygen atoms in total. The van der Waals surface area contributed by atoms with Crippen LogP contribution >= 0.6 is 0 Å². The zero-order chi connectivity index (χ0) is 22.2. The van der Waals surface area contributed by atoms with Crippen molar-refractivity contribution in [2.45, 2.75) is 32.9 Å². The van der Waals surface area contributed by atoms with Gasteiger partial charge in [0, 0.05) is 26.7 Å². The third-order valence-electron chi connectivity index (χ3n) is 5.10. The Bertz CT molecular complexity index is 945. The number of aromatic nitrogens is 2. The zero-order valence-corrected chi connectivity index (χ0v) is 18.3. The van der Waals surface area contributed by atoms with Gasteiger partial charge < -0.3 is 14.6 Å². The fraction of sp³-hybridized carbons (Fsp3) is 0.375. The number of aryl methyl sites for hydroxylation is 1. The Morgan fingerprint density at radius 2 is 1.84 bits per heavy atom. The minimum Gasteiger partial charge on any atom is -0.439 e. The smallest absolute Gasteiger partial charge is 0.227 e. The maximum Gasteiger partial charge on any atom is 0.227 e. The number of hydrogen-bond donors (Lipinski definition) is 1. The zero-order valence-electron chi connectivity index (χ0n) is 18.3. The largest absolute Gasteiger partial charge is 0.439 e. The first kappa shape index (κ1) is 22.9. The van der Waals surface area contributed by atoms with E-state index in [1.54, 1.807) is 23.9 Å². The fourth-order valence-corrected chi connectivity index (χ4v) is 3.29. The van der Waals surface area contributed by atoms with Crippen LogP contribution in [-0.4, -0.2) is 52.7 Å². The van der Waals surface area contributed by atoms with Crippen LogP contribution in [0.1, 0.15) is 24.6 Å². The Morgan fingerprint density at radius 1 is 1.13 bits per heavy atom. The topological polar surface area (TPSA) is 59.8 Å². The first-order valence-corrected chi connectivity index (χ1v) is 10.5. The van der Waals surface area contributed by atoms with E-state index in [2.05, 4.69) is 4.90 Å². The summed E-state index contributed by atoms with van der Waals surface area (Å²) in [7, 11) is 1.66. The van der Waals surface area contributed by atoms with Crippen LogP contribution in [0.2, 0.25) is 0 Å². The van der Waals surface area contributed by atoms with Gasteiger partial charge in [0.1, 0.15) is 11.6 Å². The highest BCUT2D eigenvalue weighted by molar-refractivity contribution is 5.43. The molecular weight excluding hydrogens is 397 g/mol. The van der Waals surface area contributed by atoms with Crippen LogP contribution in [0.5, 0.6) is 11.6 Å².